The number of hydrogen-bond acceptors (Lipinski definition) is 6. The van der Waals surface area contributed by atoms with E-state index in [1.807, 2.05) is 19.0 Å². The standard InChI is InChI=1S/C14H21N3O5/c1-16(2)7-5-6-15-14(18)10-8-12(21-3)13(22-4)9-11(10)17(19)20/h8-9H,5-7H2,1-4H3,(H,15,18). The van der Waals surface area contributed by atoms with Gasteiger partial charge in [-0.25, -0.2) is 0 Å². The smallest absolute Gasteiger partial charge is 0.286 e. The third kappa shape index (κ3) is 4.59. The zero-order chi connectivity index (χ0) is 16.7. The molecule has 0 fully saturated rings. The molecule has 0 aromatic heterocycles. The molecule has 0 saturated heterocycles. The van der Waals surface area contributed by atoms with Crippen LogP contribution in [0.4, 0.5) is 5.69 Å². The van der Waals surface area contributed by atoms with E-state index in [0.29, 0.717) is 6.54 Å². The molecule has 8 heteroatoms. The van der Waals surface area contributed by atoms with E-state index in [1.54, 1.807) is 0 Å². The number of amides is 1. The van der Waals surface area contributed by atoms with Crippen LogP contribution in [0.3, 0.4) is 0 Å². The van der Waals surface area contributed by atoms with Gasteiger partial charge in [0.05, 0.1) is 25.2 Å². The molecule has 0 aliphatic rings. The highest BCUT2D eigenvalue weighted by atomic mass is 16.6. The van der Waals surface area contributed by atoms with E-state index in [-0.39, 0.29) is 22.7 Å². The Kier molecular flexibility index (Phi) is 6.58. The summed E-state index contributed by atoms with van der Waals surface area (Å²) in [4.78, 5) is 24.7. The van der Waals surface area contributed by atoms with Gasteiger partial charge in [0.2, 0.25) is 0 Å². The van der Waals surface area contributed by atoms with E-state index in [9.17, 15) is 14.9 Å². The van der Waals surface area contributed by atoms with Crippen molar-refractivity contribution in [2.45, 2.75) is 6.42 Å². The number of nitro benzene ring substituents is 1. The van der Waals surface area contributed by atoms with Crippen LogP contribution in [0.1, 0.15) is 16.8 Å². The number of ether oxygens (including phenoxy) is 2. The first-order valence-electron chi connectivity index (χ1n) is 6.74. The molecule has 0 atom stereocenters. The van der Waals surface area contributed by atoms with Gasteiger partial charge in [0.15, 0.2) is 11.5 Å². The second kappa shape index (κ2) is 8.18. The van der Waals surface area contributed by atoms with Crippen LogP contribution in [-0.4, -0.2) is 57.1 Å². The Labute approximate surface area is 129 Å². The number of carbonyl (C=O) groups excluding carboxylic acids is 1. The number of methoxy groups -OCH3 is 2. The maximum atomic E-state index is 12.2. The molecule has 122 valence electrons. The first-order valence-corrected chi connectivity index (χ1v) is 6.74. The van der Waals surface area contributed by atoms with Crippen LogP contribution in [0.5, 0.6) is 11.5 Å². The fraction of sp³-hybridized carbons (Fsp3) is 0.500. The van der Waals surface area contributed by atoms with Crippen LogP contribution in [0.15, 0.2) is 12.1 Å². The summed E-state index contributed by atoms with van der Waals surface area (Å²) < 4.78 is 10.1. The van der Waals surface area contributed by atoms with Crippen molar-refractivity contribution in [1.29, 1.82) is 0 Å². The molecular formula is C14H21N3O5. The molecule has 0 aliphatic heterocycles. The van der Waals surface area contributed by atoms with Gasteiger partial charge in [-0.3, -0.25) is 14.9 Å². The topological polar surface area (TPSA) is 93.9 Å². The first kappa shape index (κ1) is 17.7. The molecule has 1 amide bonds. The van der Waals surface area contributed by atoms with E-state index in [4.69, 9.17) is 9.47 Å². The van der Waals surface area contributed by atoms with Crippen molar-refractivity contribution in [1.82, 2.24) is 10.2 Å². The maximum absolute atomic E-state index is 12.2. The van der Waals surface area contributed by atoms with Crippen LogP contribution in [0, 0.1) is 10.1 Å². The lowest BCUT2D eigenvalue weighted by molar-refractivity contribution is -0.385. The average molecular weight is 311 g/mol. The number of nitrogens with one attached hydrogen (secondary N) is 1. The van der Waals surface area contributed by atoms with Gasteiger partial charge in [-0.05, 0) is 27.1 Å². The zero-order valence-electron chi connectivity index (χ0n) is 13.2. The van der Waals surface area contributed by atoms with Crippen molar-refractivity contribution in [2.24, 2.45) is 0 Å². The van der Waals surface area contributed by atoms with Crippen molar-refractivity contribution < 1.29 is 19.2 Å². The summed E-state index contributed by atoms with van der Waals surface area (Å²) in [5, 5.41) is 13.8. The van der Waals surface area contributed by atoms with Gasteiger partial charge in [-0.1, -0.05) is 0 Å². The fourth-order valence-corrected chi connectivity index (χ4v) is 1.89. The number of carbonyl (C=O) groups is 1. The van der Waals surface area contributed by atoms with Gasteiger partial charge >= 0.3 is 0 Å². The first-order chi connectivity index (χ1) is 10.4. The summed E-state index contributed by atoms with van der Waals surface area (Å²) in [5.41, 5.74) is -0.365. The Morgan fingerprint density at radius 3 is 2.36 bits per heavy atom. The third-order valence-corrected chi connectivity index (χ3v) is 3.01. The SMILES string of the molecule is COc1cc(C(=O)NCCCN(C)C)c([N+](=O)[O-])cc1OC. The van der Waals surface area contributed by atoms with Crippen molar-refractivity contribution in [3.05, 3.63) is 27.8 Å². The molecule has 0 radical (unpaired) electrons. The molecule has 1 rings (SSSR count). The molecule has 0 bridgehead atoms. The molecule has 0 saturated carbocycles. The molecule has 0 spiro atoms. The molecule has 22 heavy (non-hydrogen) atoms. The summed E-state index contributed by atoms with van der Waals surface area (Å²) in [5.74, 6) is -0.0312. The van der Waals surface area contributed by atoms with E-state index < -0.39 is 10.8 Å². The largest absolute Gasteiger partial charge is 0.493 e. The van der Waals surface area contributed by atoms with E-state index >= 15 is 0 Å². The maximum Gasteiger partial charge on any atom is 0.286 e. The average Bonchev–Trinajstić information content (AvgIpc) is 2.49. The quantitative estimate of drug-likeness (QED) is 0.442. The predicted molar refractivity (Wildman–Crippen MR) is 81.7 cm³/mol. The molecule has 0 heterocycles. The van der Waals surface area contributed by atoms with Crippen molar-refractivity contribution in [2.75, 3.05) is 41.4 Å². The summed E-state index contributed by atoms with van der Waals surface area (Å²) in [6.45, 7) is 1.25. The van der Waals surface area contributed by atoms with Gasteiger partial charge < -0.3 is 19.7 Å². The highest BCUT2D eigenvalue weighted by molar-refractivity contribution is 5.99. The Bertz CT molecular complexity index is 546. The predicted octanol–water partition coefficient (Wildman–Crippen LogP) is 1.29. The monoisotopic (exact) mass is 311 g/mol. The van der Waals surface area contributed by atoms with Crippen LogP contribution >= 0.6 is 0 Å². The summed E-state index contributed by atoms with van der Waals surface area (Å²) in [6, 6.07) is 2.51. The normalized spacial score (nSPS) is 10.4. The third-order valence-electron chi connectivity index (χ3n) is 3.01. The van der Waals surface area contributed by atoms with Gasteiger partial charge in [-0.15, -0.1) is 0 Å². The number of rotatable bonds is 8. The van der Waals surface area contributed by atoms with Crippen molar-refractivity contribution in [3.63, 3.8) is 0 Å². The molecule has 8 nitrogen and oxygen atoms in total. The molecule has 1 N–H and O–H groups in total. The van der Waals surface area contributed by atoms with Crippen LogP contribution in [0.2, 0.25) is 0 Å². The second-order valence-corrected chi connectivity index (χ2v) is 4.89. The Morgan fingerprint density at radius 2 is 1.86 bits per heavy atom. The van der Waals surface area contributed by atoms with Crippen molar-refractivity contribution in [3.8, 4) is 11.5 Å². The molecule has 0 aliphatic carbocycles. The van der Waals surface area contributed by atoms with Gasteiger partial charge in [0, 0.05) is 12.6 Å². The van der Waals surface area contributed by atoms with Crippen LogP contribution in [0.25, 0.3) is 0 Å². The summed E-state index contributed by atoms with van der Waals surface area (Å²) in [6.07, 6.45) is 0.750. The number of hydrogen-bond donors (Lipinski definition) is 1. The minimum atomic E-state index is -0.614. The molecule has 1 aromatic carbocycles. The van der Waals surface area contributed by atoms with Gasteiger partial charge in [0.25, 0.3) is 11.6 Å². The summed E-state index contributed by atoms with van der Waals surface area (Å²) in [7, 11) is 6.65. The van der Waals surface area contributed by atoms with E-state index in [1.165, 1.54) is 26.4 Å². The lowest BCUT2D eigenvalue weighted by Gasteiger charge is -2.12. The lowest BCUT2D eigenvalue weighted by atomic mass is 10.1. The summed E-state index contributed by atoms with van der Waals surface area (Å²) >= 11 is 0. The Balaban J connectivity index is 2.95. The molecule has 1 aromatic rings. The lowest BCUT2D eigenvalue weighted by Crippen LogP contribution is -2.27. The minimum absolute atomic E-state index is 0.0486. The highest BCUT2D eigenvalue weighted by Gasteiger charge is 2.24. The minimum Gasteiger partial charge on any atom is -0.493 e. The number of benzene rings is 1. The van der Waals surface area contributed by atoms with Crippen molar-refractivity contribution >= 4 is 11.6 Å². The highest BCUT2D eigenvalue weighted by Crippen LogP contribution is 2.34. The Hall–Kier alpha value is -2.35. The van der Waals surface area contributed by atoms with E-state index in [2.05, 4.69) is 5.32 Å². The number of nitro groups is 1. The zero-order valence-corrected chi connectivity index (χ0v) is 13.2. The van der Waals surface area contributed by atoms with E-state index in [0.717, 1.165) is 13.0 Å². The van der Waals surface area contributed by atoms with Gasteiger partial charge in [0.1, 0.15) is 5.56 Å². The number of nitrogens with zero attached hydrogens (tertiary/aromatic N) is 2. The molecule has 0 unspecified atom stereocenters. The second-order valence-electron chi connectivity index (χ2n) is 4.89. The fourth-order valence-electron chi connectivity index (χ4n) is 1.89. The Morgan fingerprint density at radius 1 is 1.27 bits per heavy atom. The molecular weight excluding hydrogens is 290 g/mol. The van der Waals surface area contributed by atoms with Gasteiger partial charge in [-0.2, -0.15) is 0 Å². The van der Waals surface area contributed by atoms with Crippen LogP contribution < -0.4 is 14.8 Å². The van der Waals surface area contributed by atoms with Crippen LogP contribution in [-0.2, 0) is 0 Å².